The molecule has 2 heterocycles. The zero-order valence-corrected chi connectivity index (χ0v) is 9.82. The smallest absolute Gasteiger partial charge is 0.0931 e. The SMILES string of the molecule is Cc1ccc(C)n1Cc1ccc(Cl)s1. The lowest BCUT2D eigenvalue weighted by molar-refractivity contribution is 0.759. The van der Waals surface area contributed by atoms with Gasteiger partial charge in [-0.2, -0.15) is 0 Å². The first-order valence-electron chi connectivity index (χ1n) is 4.54. The average molecular weight is 226 g/mol. The summed E-state index contributed by atoms with van der Waals surface area (Å²) in [6.45, 7) is 5.19. The number of hydrogen-bond donors (Lipinski definition) is 0. The Hall–Kier alpha value is -0.730. The molecule has 0 unspecified atom stereocenters. The Labute approximate surface area is 92.9 Å². The number of aryl methyl sites for hydroxylation is 2. The fourth-order valence-corrected chi connectivity index (χ4v) is 2.62. The lowest BCUT2D eigenvalue weighted by Gasteiger charge is -2.06. The highest BCUT2D eigenvalue weighted by molar-refractivity contribution is 7.16. The molecule has 0 amide bonds. The molecule has 0 N–H and O–H groups in total. The number of halogens is 1. The highest BCUT2D eigenvalue weighted by Crippen LogP contribution is 2.23. The molecule has 0 saturated carbocycles. The van der Waals surface area contributed by atoms with Crippen molar-refractivity contribution in [2.24, 2.45) is 0 Å². The second-order valence-corrected chi connectivity index (χ2v) is 5.21. The van der Waals surface area contributed by atoms with Crippen LogP contribution in [0.15, 0.2) is 24.3 Å². The molecule has 74 valence electrons. The molecule has 1 nitrogen and oxygen atoms in total. The summed E-state index contributed by atoms with van der Waals surface area (Å²) in [6.07, 6.45) is 0. The fraction of sp³-hybridized carbons (Fsp3) is 0.273. The first kappa shape index (κ1) is 9.81. The van der Waals surface area contributed by atoms with E-state index in [1.807, 2.05) is 6.07 Å². The van der Waals surface area contributed by atoms with Gasteiger partial charge in [0.15, 0.2) is 0 Å². The quantitative estimate of drug-likeness (QED) is 0.731. The van der Waals surface area contributed by atoms with E-state index in [0.29, 0.717) is 0 Å². The van der Waals surface area contributed by atoms with Crippen LogP contribution in [-0.4, -0.2) is 4.57 Å². The summed E-state index contributed by atoms with van der Waals surface area (Å²) >= 11 is 7.54. The largest absolute Gasteiger partial charge is 0.344 e. The van der Waals surface area contributed by atoms with Crippen molar-refractivity contribution in [2.45, 2.75) is 20.4 Å². The van der Waals surface area contributed by atoms with E-state index >= 15 is 0 Å². The van der Waals surface area contributed by atoms with Crippen LogP contribution in [0, 0.1) is 13.8 Å². The molecule has 0 fully saturated rings. The summed E-state index contributed by atoms with van der Waals surface area (Å²) in [5, 5.41) is 0. The van der Waals surface area contributed by atoms with Crippen LogP contribution in [0.3, 0.4) is 0 Å². The van der Waals surface area contributed by atoms with E-state index in [4.69, 9.17) is 11.6 Å². The van der Waals surface area contributed by atoms with E-state index in [-0.39, 0.29) is 0 Å². The monoisotopic (exact) mass is 225 g/mol. The van der Waals surface area contributed by atoms with Gasteiger partial charge in [0.25, 0.3) is 0 Å². The maximum absolute atomic E-state index is 5.89. The van der Waals surface area contributed by atoms with Gasteiger partial charge in [-0.3, -0.25) is 0 Å². The first-order valence-corrected chi connectivity index (χ1v) is 5.73. The molecule has 14 heavy (non-hydrogen) atoms. The van der Waals surface area contributed by atoms with Gasteiger partial charge in [-0.15, -0.1) is 11.3 Å². The first-order chi connectivity index (χ1) is 6.66. The van der Waals surface area contributed by atoms with Crippen LogP contribution in [0.5, 0.6) is 0 Å². The van der Waals surface area contributed by atoms with E-state index in [0.717, 1.165) is 10.9 Å². The number of rotatable bonds is 2. The van der Waals surface area contributed by atoms with Crippen LogP contribution in [0.25, 0.3) is 0 Å². The zero-order chi connectivity index (χ0) is 10.1. The van der Waals surface area contributed by atoms with Gasteiger partial charge in [0.2, 0.25) is 0 Å². The molecule has 0 spiro atoms. The highest BCUT2D eigenvalue weighted by atomic mass is 35.5. The van der Waals surface area contributed by atoms with Crippen LogP contribution in [0.4, 0.5) is 0 Å². The van der Waals surface area contributed by atoms with Crippen LogP contribution < -0.4 is 0 Å². The Kier molecular flexibility index (Phi) is 2.66. The summed E-state index contributed by atoms with van der Waals surface area (Å²) in [6, 6.07) is 8.33. The molecular formula is C11H12ClNS. The zero-order valence-electron chi connectivity index (χ0n) is 8.25. The molecule has 0 aromatic carbocycles. The molecule has 3 heteroatoms. The second-order valence-electron chi connectivity index (χ2n) is 3.41. The van der Waals surface area contributed by atoms with E-state index in [2.05, 4.69) is 36.6 Å². The summed E-state index contributed by atoms with van der Waals surface area (Å²) < 4.78 is 3.16. The van der Waals surface area contributed by atoms with Crippen molar-refractivity contribution in [3.8, 4) is 0 Å². The number of hydrogen-bond acceptors (Lipinski definition) is 1. The minimum atomic E-state index is 0.863. The average Bonchev–Trinajstić information content (AvgIpc) is 2.67. The molecule has 0 saturated heterocycles. The van der Waals surface area contributed by atoms with Gasteiger partial charge in [-0.1, -0.05) is 11.6 Å². The molecule has 0 radical (unpaired) electrons. The van der Waals surface area contributed by atoms with Crippen LogP contribution in [0.2, 0.25) is 4.34 Å². The predicted molar refractivity (Wildman–Crippen MR) is 62.3 cm³/mol. The van der Waals surface area contributed by atoms with Gasteiger partial charge in [-0.25, -0.2) is 0 Å². The van der Waals surface area contributed by atoms with Crippen molar-refractivity contribution < 1.29 is 0 Å². The third kappa shape index (κ3) is 1.86. The second kappa shape index (κ2) is 3.79. The van der Waals surface area contributed by atoms with Gasteiger partial charge in [0.1, 0.15) is 0 Å². The van der Waals surface area contributed by atoms with Crippen molar-refractivity contribution >= 4 is 22.9 Å². The minimum Gasteiger partial charge on any atom is -0.344 e. The highest BCUT2D eigenvalue weighted by Gasteiger charge is 2.03. The number of thiophene rings is 1. The van der Waals surface area contributed by atoms with Crippen LogP contribution in [-0.2, 0) is 6.54 Å². The molecule has 2 aromatic rings. The van der Waals surface area contributed by atoms with Gasteiger partial charge in [0.05, 0.1) is 10.9 Å². The van der Waals surface area contributed by atoms with E-state index in [1.54, 1.807) is 11.3 Å². The van der Waals surface area contributed by atoms with Crippen molar-refractivity contribution in [2.75, 3.05) is 0 Å². The van der Waals surface area contributed by atoms with Crippen LogP contribution in [0.1, 0.15) is 16.3 Å². The predicted octanol–water partition coefficient (Wildman–Crippen LogP) is 3.87. The van der Waals surface area contributed by atoms with E-state index < -0.39 is 0 Å². The lowest BCUT2D eigenvalue weighted by Crippen LogP contribution is -2.01. The molecular weight excluding hydrogens is 214 g/mol. The standard InChI is InChI=1S/C11H12ClNS/c1-8-3-4-9(2)13(8)7-10-5-6-11(12)14-10/h3-6H,7H2,1-2H3. The Morgan fingerprint density at radius 1 is 1.14 bits per heavy atom. The Bertz CT molecular complexity index is 422. The number of aromatic nitrogens is 1. The van der Waals surface area contributed by atoms with Crippen molar-refractivity contribution in [1.29, 1.82) is 0 Å². The molecule has 0 atom stereocenters. The molecule has 0 bridgehead atoms. The number of nitrogens with zero attached hydrogens (tertiary/aromatic N) is 1. The maximum atomic E-state index is 5.89. The fourth-order valence-electron chi connectivity index (χ4n) is 1.54. The minimum absolute atomic E-state index is 0.863. The van der Waals surface area contributed by atoms with Crippen molar-refractivity contribution in [3.63, 3.8) is 0 Å². The molecule has 0 aliphatic carbocycles. The summed E-state index contributed by atoms with van der Waals surface area (Å²) in [4.78, 5) is 1.30. The van der Waals surface area contributed by atoms with Gasteiger partial charge >= 0.3 is 0 Å². The van der Waals surface area contributed by atoms with E-state index in [1.165, 1.54) is 16.3 Å². The molecule has 0 aliphatic rings. The third-order valence-electron chi connectivity index (χ3n) is 2.36. The normalized spacial score (nSPS) is 10.8. The van der Waals surface area contributed by atoms with Crippen molar-refractivity contribution in [3.05, 3.63) is 44.9 Å². The third-order valence-corrected chi connectivity index (χ3v) is 3.58. The van der Waals surface area contributed by atoms with Crippen LogP contribution >= 0.6 is 22.9 Å². The topological polar surface area (TPSA) is 4.93 Å². The summed E-state index contributed by atoms with van der Waals surface area (Å²) in [5.74, 6) is 0. The van der Waals surface area contributed by atoms with Gasteiger partial charge in [-0.05, 0) is 38.1 Å². The molecule has 0 aliphatic heterocycles. The molecule has 2 aromatic heterocycles. The Morgan fingerprint density at radius 2 is 1.79 bits per heavy atom. The lowest BCUT2D eigenvalue weighted by atomic mass is 10.4. The van der Waals surface area contributed by atoms with Crippen molar-refractivity contribution in [1.82, 2.24) is 4.57 Å². The maximum Gasteiger partial charge on any atom is 0.0931 e. The molecule has 2 rings (SSSR count). The Morgan fingerprint density at radius 3 is 2.29 bits per heavy atom. The summed E-state index contributed by atoms with van der Waals surface area (Å²) in [7, 11) is 0. The summed E-state index contributed by atoms with van der Waals surface area (Å²) in [5.41, 5.74) is 2.60. The Balaban J connectivity index is 2.26. The van der Waals surface area contributed by atoms with Gasteiger partial charge in [0, 0.05) is 16.3 Å². The van der Waals surface area contributed by atoms with E-state index in [9.17, 15) is 0 Å². The van der Waals surface area contributed by atoms with Gasteiger partial charge < -0.3 is 4.57 Å².